The highest BCUT2D eigenvalue weighted by atomic mass is 32.2. The van der Waals surface area contributed by atoms with E-state index in [0.29, 0.717) is 24.9 Å². The third-order valence-electron chi connectivity index (χ3n) is 3.80. The van der Waals surface area contributed by atoms with Crippen LogP contribution in [0.5, 0.6) is 11.5 Å². The highest BCUT2D eigenvalue weighted by Gasteiger charge is 2.34. The van der Waals surface area contributed by atoms with Crippen molar-refractivity contribution < 1.29 is 14.3 Å². The van der Waals surface area contributed by atoms with Crippen LogP contribution in [0.15, 0.2) is 30.9 Å². The number of nitrogens with one attached hydrogen (secondary N) is 1. The summed E-state index contributed by atoms with van der Waals surface area (Å²) in [6, 6.07) is 6.06. The molecule has 2 aliphatic rings. The lowest BCUT2D eigenvalue weighted by Gasteiger charge is -2.23. The summed E-state index contributed by atoms with van der Waals surface area (Å²) in [5.41, 5.74) is 1.11. The van der Waals surface area contributed by atoms with Crippen molar-refractivity contribution in [1.29, 1.82) is 0 Å². The van der Waals surface area contributed by atoms with Gasteiger partial charge in [-0.15, -0.1) is 18.3 Å². The fourth-order valence-corrected chi connectivity index (χ4v) is 3.16. The van der Waals surface area contributed by atoms with E-state index < -0.39 is 0 Å². The molecule has 0 unspecified atom stereocenters. The molecule has 4 nitrogen and oxygen atoms in total. The molecule has 1 saturated carbocycles. The summed E-state index contributed by atoms with van der Waals surface area (Å²) in [7, 11) is 0. The van der Waals surface area contributed by atoms with E-state index in [1.807, 2.05) is 24.3 Å². The molecule has 0 saturated heterocycles. The first kappa shape index (κ1) is 15.3. The minimum Gasteiger partial charge on any atom is -0.486 e. The van der Waals surface area contributed by atoms with Crippen LogP contribution in [0.1, 0.15) is 24.4 Å². The van der Waals surface area contributed by atoms with E-state index in [4.69, 9.17) is 9.47 Å². The second-order valence-corrected chi connectivity index (χ2v) is 6.62. The van der Waals surface area contributed by atoms with E-state index in [9.17, 15) is 4.79 Å². The second-order valence-electron chi connectivity index (χ2n) is 5.59. The minimum atomic E-state index is 0.0765. The van der Waals surface area contributed by atoms with Crippen molar-refractivity contribution in [2.24, 2.45) is 5.92 Å². The summed E-state index contributed by atoms with van der Waals surface area (Å²) in [6.07, 6.45) is 4.15. The van der Waals surface area contributed by atoms with Gasteiger partial charge >= 0.3 is 0 Å². The number of benzene rings is 1. The third kappa shape index (κ3) is 3.77. The zero-order chi connectivity index (χ0) is 15.4. The van der Waals surface area contributed by atoms with Crippen LogP contribution in [0.2, 0.25) is 0 Å². The summed E-state index contributed by atoms with van der Waals surface area (Å²) < 4.78 is 11.2. The molecule has 5 heteroatoms. The fraction of sp³-hybridized carbons (Fsp3) is 0.471. The summed E-state index contributed by atoms with van der Waals surface area (Å²) in [5, 5.41) is 3.17. The number of carbonyl (C=O) groups is 1. The summed E-state index contributed by atoms with van der Waals surface area (Å²) in [5.74, 6) is 3.46. The molecule has 118 valence electrons. The lowest BCUT2D eigenvalue weighted by Crippen LogP contribution is -2.31. The highest BCUT2D eigenvalue weighted by Crippen LogP contribution is 2.43. The Labute approximate surface area is 135 Å². The molecule has 1 fully saturated rings. The van der Waals surface area contributed by atoms with Gasteiger partial charge in [-0.3, -0.25) is 4.79 Å². The van der Waals surface area contributed by atoms with Crippen molar-refractivity contribution in [1.82, 2.24) is 5.32 Å². The topological polar surface area (TPSA) is 47.6 Å². The predicted molar refractivity (Wildman–Crippen MR) is 88.6 cm³/mol. The first-order valence-corrected chi connectivity index (χ1v) is 8.81. The van der Waals surface area contributed by atoms with Crippen LogP contribution in [-0.2, 0) is 4.79 Å². The maximum atomic E-state index is 12.1. The molecule has 1 atom stereocenters. The van der Waals surface area contributed by atoms with Crippen molar-refractivity contribution in [3.05, 3.63) is 36.4 Å². The number of carbonyl (C=O) groups excluding carboxylic acids is 1. The zero-order valence-electron chi connectivity index (χ0n) is 12.5. The number of hydrogen-bond acceptors (Lipinski definition) is 4. The lowest BCUT2D eigenvalue weighted by molar-refractivity contribution is -0.119. The van der Waals surface area contributed by atoms with Gasteiger partial charge in [0, 0.05) is 5.75 Å². The maximum Gasteiger partial charge on any atom is 0.230 e. The van der Waals surface area contributed by atoms with Gasteiger partial charge in [0.1, 0.15) is 13.2 Å². The molecule has 1 aromatic carbocycles. The van der Waals surface area contributed by atoms with E-state index in [2.05, 4.69) is 11.9 Å². The molecule has 0 bridgehead atoms. The summed E-state index contributed by atoms with van der Waals surface area (Å²) in [4.78, 5) is 12.1. The molecule has 1 aromatic rings. The van der Waals surface area contributed by atoms with Gasteiger partial charge in [0.2, 0.25) is 5.91 Å². The van der Waals surface area contributed by atoms with Gasteiger partial charge in [-0.05, 0) is 36.5 Å². The Balaban J connectivity index is 1.68. The van der Waals surface area contributed by atoms with Gasteiger partial charge in [0.25, 0.3) is 0 Å². The van der Waals surface area contributed by atoms with Gasteiger partial charge in [-0.2, -0.15) is 0 Å². The molecule has 0 radical (unpaired) electrons. The van der Waals surface area contributed by atoms with Crippen LogP contribution in [0.3, 0.4) is 0 Å². The van der Waals surface area contributed by atoms with E-state index in [1.165, 1.54) is 12.8 Å². The van der Waals surface area contributed by atoms with Gasteiger partial charge in [-0.25, -0.2) is 0 Å². The minimum absolute atomic E-state index is 0.0765. The van der Waals surface area contributed by atoms with Crippen molar-refractivity contribution in [3.8, 4) is 11.5 Å². The van der Waals surface area contributed by atoms with E-state index >= 15 is 0 Å². The van der Waals surface area contributed by atoms with Crippen LogP contribution in [-0.4, -0.2) is 30.6 Å². The number of hydrogen-bond donors (Lipinski definition) is 1. The van der Waals surface area contributed by atoms with Gasteiger partial charge < -0.3 is 14.8 Å². The smallest absolute Gasteiger partial charge is 0.230 e. The van der Waals surface area contributed by atoms with Gasteiger partial charge in [0.15, 0.2) is 11.5 Å². The van der Waals surface area contributed by atoms with E-state index in [0.717, 1.165) is 22.8 Å². The Kier molecular flexibility index (Phi) is 4.93. The SMILES string of the molecule is C=CCSCC(=O)N[C@@H](c1ccc2c(c1)OCCO2)C1CC1. The molecule has 1 aliphatic heterocycles. The predicted octanol–water partition coefficient (Wildman–Crippen LogP) is 2.94. The summed E-state index contributed by atoms with van der Waals surface area (Å²) >= 11 is 1.58. The molecular weight excluding hydrogens is 298 g/mol. The maximum absolute atomic E-state index is 12.1. The quantitative estimate of drug-likeness (QED) is 0.620. The standard InChI is InChI=1S/C17H21NO3S/c1-2-9-22-11-16(19)18-17(12-3-4-12)13-5-6-14-15(10-13)21-8-7-20-14/h2,5-6,10,12,17H,1,3-4,7-9,11H2,(H,18,19)/t17-/m1/s1. The number of ether oxygens (including phenoxy) is 2. The van der Waals surface area contributed by atoms with Crippen LogP contribution in [0, 0.1) is 5.92 Å². The fourth-order valence-electron chi connectivity index (χ4n) is 2.61. The first-order valence-electron chi connectivity index (χ1n) is 7.65. The van der Waals surface area contributed by atoms with Crippen molar-refractivity contribution >= 4 is 17.7 Å². The van der Waals surface area contributed by atoms with Crippen LogP contribution in [0.4, 0.5) is 0 Å². The Morgan fingerprint density at radius 1 is 1.36 bits per heavy atom. The Hall–Kier alpha value is -1.62. The number of rotatable bonds is 7. The van der Waals surface area contributed by atoms with Crippen LogP contribution < -0.4 is 14.8 Å². The summed E-state index contributed by atoms with van der Waals surface area (Å²) in [6.45, 7) is 4.84. The lowest BCUT2D eigenvalue weighted by atomic mass is 10.0. The van der Waals surface area contributed by atoms with Crippen LogP contribution >= 0.6 is 11.8 Å². The van der Waals surface area contributed by atoms with E-state index in [-0.39, 0.29) is 11.9 Å². The molecule has 1 N–H and O–H groups in total. The monoisotopic (exact) mass is 319 g/mol. The number of fused-ring (bicyclic) bond motifs is 1. The molecule has 0 aromatic heterocycles. The van der Waals surface area contributed by atoms with Crippen molar-refractivity contribution in [2.45, 2.75) is 18.9 Å². The third-order valence-corrected chi connectivity index (χ3v) is 4.74. The van der Waals surface area contributed by atoms with Crippen molar-refractivity contribution in [2.75, 3.05) is 24.7 Å². The van der Waals surface area contributed by atoms with E-state index in [1.54, 1.807) is 11.8 Å². The average Bonchev–Trinajstić information content (AvgIpc) is 3.37. The largest absolute Gasteiger partial charge is 0.486 e. The normalized spacial score (nSPS) is 17.6. The molecule has 22 heavy (non-hydrogen) atoms. The van der Waals surface area contributed by atoms with Gasteiger partial charge in [0.05, 0.1) is 11.8 Å². The van der Waals surface area contributed by atoms with Crippen LogP contribution in [0.25, 0.3) is 0 Å². The molecule has 1 heterocycles. The second kappa shape index (κ2) is 7.09. The molecular formula is C17H21NO3S. The molecule has 0 spiro atoms. The number of thioether (sulfide) groups is 1. The average molecular weight is 319 g/mol. The Morgan fingerprint density at radius 3 is 2.86 bits per heavy atom. The van der Waals surface area contributed by atoms with Gasteiger partial charge in [-0.1, -0.05) is 12.1 Å². The zero-order valence-corrected chi connectivity index (χ0v) is 13.4. The Morgan fingerprint density at radius 2 is 2.14 bits per heavy atom. The van der Waals surface area contributed by atoms with Crippen molar-refractivity contribution in [3.63, 3.8) is 0 Å². The molecule has 3 rings (SSSR count). The first-order chi connectivity index (χ1) is 10.8. The number of amides is 1. The highest BCUT2D eigenvalue weighted by molar-refractivity contribution is 8.00. The molecule has 1 aliphatic carbocycles. The Bertz CT molecular complexity index is 557. The molecule has 1 amide bonds.